The quantitative estimate of drug-likeness (QED) is 0.170. The van der Waals surface area contributed by atoms with E-state index in [1.807, 2.05) is 11.3 Å². The Balaban J connectivity index is 1.19. The van der Waals surface area contributed by atoms with Crippen molar-refractivity contribution >= 4 is 76.4 Å². The monoisotopic (exact) mass is 721 g/mol. The van der Waals surface area contributed by atoms with Crippen molar-refractivity contribution < 1.29 is 4.42 Å². The van der Waals surface area contributed by atoms with E-state index in [1.54, 1.807) is 0 Å². The van der Waals surface area contributed by atoms with Crippen LogP contribution in [0, 0.1) is 0 Å². The van der Waals surface area contributed by atoms with Gasteiger partial charge < -0.3 is 9.32 Å². The Morgan fingerprint density at radius 2 is 1.20 bits per heavy atom. The second-order valence-electron chi connectivity index (χ2n) is 14.4. The molecule has 0 spiro atoms. The van der Waals surface area contributed by atoms with Crippen LogP contribution in [-0.4, -0.2) is 0 Å². The van der Waals surface area contributed by atoms with Crippen molar-refractivity contribution in [2.75, 3.05) is 4.90 Å². The Bertz CT molecular complexity index is 3110. The van der Waals surface area contributed by atoms with Gasteiger partial charge in [-0.2, -0.15) is 0 Å². The van der Waals surface area contributed by atoms with Gasteiger partial charge in [-0.1, -0.05) is 140 Å². The van der Waals surface area contributed by atoms with Gasteiger partial charge in [0.1, 0.15) is 11.3 Å². The lowest BCUT2D eigenvalue weighted by Crippen LogP contribution is -2.12. The summed E-state index contributed by atoms with van der Waals surface area (Å²) in [5.41, 5.74) is 12.7. The van der Waals surface area contributed by atoms with Crippen molar-refractivity contribution in [3.63, 3.8) is 0 Å². The Kier molecular flexibility index (Phi) is 7.53. The van der Waals surface area contributed by atoms with Crippen molar-refractivity contribution in [2.24, 2.45) is 0 Å². The number of para-hydroxylation sites is 1. The molecule has 1 aliphatic carbocycles. The first-order chi connectivity index (χ1) is 27.3. The maximum absolute atomic E-state index is 6.32. The number of anilines is 3. The Labute approximate surface area is 323 Å². The van der Waals surface area contributed by atoms with Gasteiger partial charge in [-0.3, -0.25) is 0 Å². The fourth-order valence-corrected chi connectivity index (χ4v) is 9.68. The predicted octanol–water partition coefficient (Wildman–Crippen LogP) is 15.4. The summed E-state index contributed by atoms with van der Waals surface area (Å²) in [6, 6.07) is 64.5. The van der Waals surface area contributed by atoms with Crippen LogP contribution in [0.2, 0.25) is 0 Å². The molecule has 0 aliphatic heterocycles. The van der Waals surface area contributed by atoms with Crippen molar-refractivity contribution in [1.82, 2.24) is 0 Å². The summed E-state index contributed by atoms with van der Waals surface area (Å²) in [6.07, 6.45) is 6.37. The standard InChI is InChI=1S/C52H35NOS/c1-2-13-35(14-3-1)42-28-25-37(40-21-12-16-34-15-4-5-17-39(34)40)32-48(42)53(38-27-29-45-44-20-8-11-24-51(44)55-52(45)33-38)47-22-9-6-18-41(47)36-26-30-50-46(31-36)43-19-7-10-23-49(43)54-50/h1-6,8-18,20-33H,7,19H2. The highest BCUT2D eigenvalue weighted by molar-refractivity contribution is 7.25. The smallest absolute Gasteiger partial charge is 0.135 e. The summed E-state index contributed by atoms with van der Waals surface area (Å²) in [5, 5.41) is 6.27. The molecule has 11 rings (SSSR count). The first-order valence-corrected chi connectivity index (χ1v) is 19.8. The molecule has 0 atom stereocenters. The van der Waals surface area contributed by atoms with E-state index in [1.165, 1.54) is 69.7 Å². The summed E-state index contributed by atoms with van der Waals surface area (Å²) < 4.78 is 8.89. The normalized spacial score (nSPS) is 12.5. The van der Waals surface area contributed by atoms with Crippen LogP contribution in [0.3, 0.4) is 0 Å². The average molecular weight is 722 g/mol. The first kappa shape index (κ1) is 31.8. The number of allylic oxidation sites excluding steroid dienone is 1. The largest absolute Gasteiger partial charge is 0.456 e. The molecule has 10 aromatic rings. The second-order valence-corrected chi connectivity index (χ2v) is 15.4. The highest BCUT2D eigenvalue weighted by Crippen LogP contribution is 2.48. The highest BCUT2D eigenvalue weighted by atomic mass is 32.1. The zero-order chi connectivity index (χ0) is 36.3. The molecule has 0 radical (unpaired) electrons. The number of nitrogens with zero attached hydrogens (tertiary/aromatic N) is 1. The van der Waals surface area contributed by atoms with Gasteiger partial charge in [0.2, 0.25) is 0 Å². The van der Waals surface area contributed by atoms with E-state index in [9.17, 15) is 0 Å². The summed E-state index contributed by atoms with van der Waals surface area (Å²) in [5.74, 6) is 0.989. The topological polar surface area (TPSA) is 16.4 Å². The number of hydrogen-bond donors (Lipinski definition) is 0. The molecule has 0 amide bonds. The number of benzene rings is 8. The van der Waals surface area contributed by atoms with Gasteiger partial charge in [-0.15, -0.1) is 11.3 Å². The van der Waals surface area contributed by atoms with Gasteiger partial charge in [0.15, 0.2) is 0 Å². The molecule has 260 valence electrons. The number of hydrogen-bond acceptors (Lipinski definition) is 3. The lowest BCUT2D eigenvalue weighted by Gasteiger charge is -2.30. The number of furan rings is 1. The molecule has 0 N–H and O–H groups in total. The van der Waals surface area contributed by atoms with Gasteiger partial charge in [-0.25, -0.2) is 0 Å². The molecule has 0 saturated heterocycles. The molecule has 0 bridgehead atoms. The summed E-state index contributed by atoms with van der Waals surface area (Å²) in [7, 11) is 0. The highest BCUT2D eigenvalue weighted by Gasteiger charge is 2.23. The third kappa shape index (κ3) is 5.39. The van der Waals surface area contributed by atoms with E-state index >= 15 is 0 Å². The number of rotatable bonds is 6. The zero-order valence-corrected chi connectivity index (χ0v) is 30.9. The molecule has 2 aromatic heterocycles. The first-order valence-electron chi connectivity index (χ1n) is 19.0. The van der Waals surface area contributed by atoms with Gasteiger partial charge in [-0.05, 0) is 94.4 Å². The molecular formula is C52H35NOS. The Morgan fingerprint density at radius 3 is 2.15 bits per heavy atom. The number of aryl methyl sites for hydroxylation is 1. The fourth-order valence-electron chi connectivity index (χ4n) is 8.54. The maximum Gasteiger partial charge on any atom is 0.135 e. The van der Waals surface area contributed by atoms with Gasteiger partial charge in [0.05, 0.1) is 11.4 Å². The summed E-state index contributed by atoms with van der Waals surface area (Å²) in [6.45, 7) is 0. The molecule has 2 nitrogen and oxygen atoms in total. The van der Waals surface area contributed by atoms with E-state index < -0.39 is 0 Å². The predicted molar refractivity (Wildman–Crippen MR) is 235 cm³/mol. The average Bonchev–Trinajstić information content (AvgIpc) is 3.82. The van der Waals surface area contributed by atoms with Crippen LogP contribution in [0.1, 0.15) is 17.7 Å². The lowest BCUT2D eigenvalue weighted by molar-refractivity contribution is 0.595. The molecular weight excluding hydrogens is 687 g/mol. The van der Waals surface area contributed by atoms with Crippen LogP contribution in [0.25, 0.3) is 81.4 Å². The minimum Gasteiger partial charge on any atom is -0.456 e. The summed E-state index contributed by atoms with van der Waals surface area (Å²) in [4.78, 5) is 2.49. The van der Waals surface area contributed by atoms with Gasteiger partial charge >= 0.3 is 0 Å². The molecule has 55 heavy (non-hydrogen) atoms. The zero-order valence-electron chi connectivity index (χ0n) is 30.1. The van der Waals surface area contributed by atoms with Crippen molar-refractivity contribution in [1.29, 1.82) is 0 Å². The van der Waals surface area contributed by atoms with E-state index in [0.29, 0.717) is 0 Å². The molecule has 0 saturated carbocycles. The Hall–Kier alpha value is -6.68. The lowest BCUT2D eigenvalue weighted by atomic mass is 9.93. The molecule has 0 fully saturated rings. The van der Waals surface area contributed by atoms with E-state index in [-0.39, 0.29) is 0 Å². The summed E-state index contributed by atoms with van der Waals surface area (Å²) >= 11 is 1.86. The van der Waals surface area contributed by atoms with Crippen LogP contribution in [0.5, 0.6) is 0 Å². The number of fused-ring (bicyclic) bond motifs is 7. The minimum absolute atomic E-state index is 0.944. The van der Waals surface area contributed by atoms with Crippen LogP contribution in [0.4, 0.5) is 17.1 Å². The van der Waals surface area contributed by atoms with Crippen LogP contribution in [0.15, 0.2) is 186 Å². The van der Waals surface area contributed by atoms with Gasteiger partial charge in [0.25, 0.3) is 0 Å². The molecule has 0 unspecified atom stereocenters. The Morgan fingerprint density at radius 1 is 0.473 bits per heavy atom. The third-order valence-electron chi connectivity index (χ3n) is 11.2. The molecule has 3 heteroatoms. The minimum atomic E-state index is 0.944. The number of thiophene rings is 1. The fraction of sp³-hybridized carbons (Fsp3) is 0.0385. The molecule has 1 aliphatic rings. The van der Waals surface area contributed by atoms with E-state index in [2.05, 4.69) is 193 Å². The van der Waals surface area contributed by atoms with Crippen molar-refractivity contribution in [3.05, 3.63) is 193 Å². The van der Waals surface area contributed by atoms with Crippen molar-refractivity contribution in [2.45, 2.75) is 12.8 Å². The van der Waals surface area contributed by atoms with Crippen LogP contribution < -0.4 is 4.90 Å². The van der Waals surface area contributed by atoms with E-state index in [0.717, 1.165) is 46.8 Å². The second kappa shape index (κ2) is 13.0. The van der Waals surface area contributed by atoms with Crippen molar-refractivity contribution in [3.8, 4) is 33.4 Å². The maximum atomic E-state index is 6.32. The van der Waals surface area contributed by atoms with Crippen LogP contribution in [-0.2, 0) is 6.42 Å². The van der Waals surface area contributed by atoms with Gasteiger partial charge in [0, 0.05) is 47.9 Å². The molecule has 2 heterocycles. The molecule has 8 aromatic carbocycles. The van der Waals surface area contributed by atoms with Crippen LogP contribution >= 0.6 is 11.3 Å². The third-order valence-corrected chi connectivity index (χ3v) is 12.3. The van der Waals surface area contributed by atoms with E-state index in [4.69, 9.17) is 4.42 Å². The SMILES string of the molecule is C1=Cc2oc3ccc(-c4ccccc4N(c4ccc5c(c4)sc4ccccc45)c4cc(-c5cccc6ccccc56)ccc4-c4ccccc4)cc3c2CC1.